The molecule has 22 heavy (non-hydrogen) atoms. The zero-order valence-electron chi connectivity index (χ0n) is 11.2. The molecule has 2 N–H and O–H groups in total. The van der Waals surface area contributed by atoms with Crippen molar-refractivity contribution < 1.29 is 4.92 Å². The number of nitrogens with one attached hydrogen (secondary N) is 2. The van der Waals surface area contributed by atoms with E-state index in [4.69, 9.17) is 35.4 Å². The molecular weight excluding hydrogens is 345 g/mol. The molecule has 2 aromatic carbocycles. The van der Waals surface area contributed by atoms with Gasteiger partial charge in [-0.15, -0.1) is 0 Å². The lowest BCUT2D eigenvalue weighted by atomic mass is 10.2. The van der Waals surface area contributed by atoms with E-state index in [1.54, 1.807) is 6.07 Å². The van der Waals surface area contributed by atoms with Crippen LogP contribution >= 0.6 is 35.4 Å². The van der Waals surface area contributed by atoms with Crippen LogP contribution in [0, 0.1) is 10.1 Å². The molecule has 0 bridgehead atoms. The number of rotatable bonds is 4. The number of non-ortho nitro benzene ring substituents is 1. The van der Waals surface area contributed by atoms with Crippen LogP contribution in [0.15, 0.2) is 42.5 Å². The molecular formula is C14H11Cl2N3O2S. The predicted molar refractivity (Wildman–Crippen MR) is 92.6 cm³/mol. The maximum atomic E-state index is 10.8. The lowest BCUT2D eigenvalue weighted by molar-refractivity contribution is -0.384. The van der Waals surface area contributed by atoms with E-state index in [2.05, 4.69) is 10.6 Å². The fraction of sp³-hybridized carbons (Fsp3) is 0.0714. The summed E-state index contributed by atoms with van der Waals surface area (Å²) >= 11 is 17.0. The molecule has 0 atom stereocenters. The van der Waals surface area contributed by atoms with Crippen LogP contribution in [0.2, 0.25) is 10.0 Å². The van der Waals surface area contributed by atoms with Crippen LogP contribution in [0.4, 0.5) is 11.4 Å². The first-order valence-electron chi connectivity index (χ1n) is 6.19. The minimum absolute atomic E-state index is 0.0652. The zero-order chi connectivity index (χ0) is 16.1. The zero-order valence-corrected chi connectivity index (χ0v) is 13.5. The number of hydrogen-bond acceptors (Lipinski definition) is 3. The molecule has 0 heterocycles. The topological polar surface area (TPSA) is 67.2 Å². The quantitative estimate of drug-likeness (QED) is 0.483. The van der Waals surface area contributed by atoms with Gasteiger partial charge in [0, 0.05) is 23.7 Å². The maximum Gasteiger partial charge on any atom is 0.271 e. The maximum absolute atomic E-state index is 10.8. The van der Waals surface area contributed by atoms with Crippen molar-refractivity contribution in [2.75, 3.05) is 5.32 Å². The largest absolute Gasteiger partial charge is 0.358 e. The Bertz CT molecular complexity index is 725. The molecule has 0 aliphatic heterocycles. The molecule has 2 rings (SSSR count). The number of nitro benzene ring substituents is 1. The van der Waals surface area contributed by atoms with Crippen molar-refractivity contribution in [1.82, 2.24) is 5.32 Å². The first-order valence-corrected chi connectivity index (χ1v) is 7.35. The van der Waals surface area contributed by atoms with Crippen molar-refractivity contribution in [3.63, 3.8) is 0 Å². The van der Waals surface area contributed by atoms with E-state index in [0.29, 0.717) is 27.4 Å². The monoisotopic (exact) mass is 355 g/mol. The summed E-state index contributed by atoms with van der Waals surface area (Å²) in [6, 6.07) is 11.4. The SMILES string of the molecule is O=[N+]([O-])c1ccc(Cl)c(NC(=S)NCc2cccc(Cl)c2)c1. The van der Waals surface area contributed by atoms with E-state index >= 15 is 0 Å². The lowest BCUT2D eigenvalue weighted by Crippen LogP contribution is -2.28. The molecule has 5 nitrogen and oxygen atoms in total. The smallest absolute Gasteiger partial charge is 0.271 e. The Balaban J connectivity index is 2.00. The van der Waals surface area contributed by atoms with Gasteiger partial charge in [0.25, 0.3) is 5.69 Å². The molecule has 0 amide bonds. The first kappa shape index (κ1) is 16.5. The van der Waals surface area contributed by atoms with Crippen LogP contribution in [-0.2, 0) is 6.54 Å². The van der Waals surface area contributed by atoms with Gasteiger partial charge in [0.1, 0.15) is 0 Å². The highest BCUT2D eigenvalue weighted by molar-refractivity contribution is 7.80. The van der Waals surface area contributed by atoms with Crippen molar-refractivity contribution in [2.45, 2.75) is 6.54 Å². The van der Waals surface area contributed by atoms with Gasteiger partial charge in [-0.1, -0.05) is 35.3 Å². The minimum Gasteiger partial charge on any atom is -0.358 e. The van der Waals surface area contributed by atoms with E-state index in [1.165, 1.54) is 18.2 Å². The minimum atomic E-state index is -0.496. The number of halogens is 2. The van der Waals surface area contributed by atoms with Crippen molar-refractivity contribution >= 4 is 51.9 Å². The fourth-order valence-electron chi connectivity index (χ4n) is 1.72. The van der Waals surface area contributed by atoms with Gasteiger partial charge in [0.05, 0.1) is 15.6 Å². The summed E-state index contributed by atoms with van der Waals surface area (Å²) < 4.78 is 0. The molecule has 2 aromatic rings. The number of nitro groups is 1. The normalized spacial score (nSPS) is 10.1. The van der Waals surface area contributed by atoms with Crippen LogP contribution in [0.1, 0.15) is 5.56 Å². The van der Waals surface area contributed by atoms with E-state index in [-0.39, 0.29) is 5.69 Å². The third kappa shape index (κ3) is 4.56. The summed E-state index contributed by atoms with van der Waals surface area (Å²) in [7, 11) is 0. The van der Waals surface area contributed by atoms with Crippen LogP contribution in [-0.4, -0.2) is 10.0 Å². The molecule has 0 aliphatic rings. The molecule has 0 aromatic heterocycles. The number of anilines is 1. The van der Waals surface area contributed by atoms with Crippen molar-refractivity contribution in [1.29, 1.82) is 0 Å². The van der Waals surface area contributed by atoms with Gasteiger partial charge >= 0.3 is 0 Å². The van der Waals surface area contributed by atoms with Gasteiger partial charge < -0.3 is 10.6 Å². The third-order valence-electron chi connectivity index (χ3n) is 2.75. The Morgan fingerprint density at radius 2 is 2.00 bits per heavy atom. The molecule has 0 spiro atoms. The van der Waals surface area contributed by atoms with Gasteiger partial charge in [0.2, 0.25) is 0 Å². The Morgan fingerprint density at radius 3 is 2.68 bits per heavy atom. The second-order valence-corrected chi connectivity index (χ2v) is 5.61. The van der Waals surface area contributed by atoms with Crippen molar-refractivity contribution in [2.24, 2.45) is 0 Å². The second kappa shape index (κ2) is 7.40. The fourth-order valence-corrected chi connectivity index (χ4v) is 2.28. The Kier molecular flexibility index (Phi) is 5.54. The van der Waals surface area contributed by atoms with Gasteiger partial charge in [-0.2, -0.15) is 0 Å². The highest BCUT2D eigenvalue weighted by Crippen LogP contribution is 2.26. The average Bonchev–Trinajstić information content (AvgIpc) is 2.47. The van der Waals surface area contributed by atoms with Crippen LogP contribution in [0.25, 0.3) is 0 Å². The highest BCUT2D eigenvalue weighted by Gasteiger charge is 2.10. The number of thiocarbonyl (C=S) groups is 1. The number of hydrogen-bond donors (Lipinski definition) is 2. The highest BCUT2D eigenvalue weighted by atomic mass is 35.5. The van der Waals surface area contributed by atoms with Crippen molar-refractivity contribution in [3.8, 4) is 0 Å². The molecule has 0 aliphatic carbocycles. The Morgan fingerprint density at radius 1 is 1.23 bits per heavy atom. The molecule has 114 valence electrons. The third-order valence-corrected chi connectivity index (χ3v) is 3.56. The molecule has 0 fully saturated rings. The van der Waals surface area contributed by atoms with E-state index in [1.807, 2.05) is 18.2 Å². The predicted octanol–water partition coefficient (Wildman–Crippen LogP) is 4.39. The standard InChI is InChI=1S/C14H11Cl2N3O2S/c15-10-3-1-2-9(6-10)8-17-14(22)18-13-7-11(19(20)21)4-5-12(13)16/h1-7H,8H2,(H2,17,18,22). The summed E-state index contributed by atoms with van der Waals surface area (Å²) in [5, 5.41) is 17.9. The Labute approximate surface area is 142 Å². The summed E-state index contributed by atoms with van der Waals surface area (Å²) in [6.07, 6.45) is 0. The summed E-state index contributed by atoms with van der Waals surface area (Å²) in [5.41, 5.74) is 1.27. The second-order valence-electron chi connectivity index (χ2n) is 4.36. The lowest BCUT2D eigenvalue weighted by Gasteiger charge is -2.11. The molecule has 8 heteroatoms. The number of nitrogens with zero attached hydrogens (tertiary/aromatic N) is 1. The van der Waals surface area contributed by atoms with E-state index in [9.17, 15) is 10.1 Å². The van der Waals surface area contributed by atoms with Crippen LogP contribution in [0.5, 0.6) is 0 Å². The summed E-state index contributed by atoms with van der Waals surface area (Å²) in [6.45, 7) is 0.471. The average molecular weight is 356 g/mol. The van der Waals surface area contributed by atoms with E-state index < -0.39 is 4.92 Å². The molecule has 0 radical (unpaired) electrons. The van der Waals surface area contributed by atoms with Crippen molar-refractivity contribution in [3.05, 3.63) is 68.2 Å². The van der Waals surface area contributed by atoms with Gasteiger partial charge in [0.15, 0.2) is 5.11 Å². The van der Waals surface area contributed by atoms with Gasteiger partial charge in [-0.3, -0.25) is 10.1 Å². The van der Waals surface area contributed by atoms with Gasteiger partial charge in [-0.05, 0) is 36.0 Å². The van der Waals surface area contributed by atoms with Crippen LogP contribution in [0.3, 0.4) is 0 Å². The molecule has 0 unspecified atom stereocenters. The molecule has 0 saturated heterocycles. The number of benzene rings is 2. The summed E-state index contributed by atoms with van der Waals surface area (Å²) in [4.78, 5) is 10.3. The molecule has 0 saturated carbocycles. The van der Waals surface area contributed by atoms with Gasteiger partial charge in [-0.25, -0.2) is 0 Å². The summed E-state index contributed by atoms with van der Waals surface area (Å²) in [5.74, 6) is 0. The van der Waals surface area contributed by atoms with E-state index in [0.717, 1.165) is 5.56 Å². The first-order chi connectivity index (χ1) is 10.5. The Hall–Kier alpha value is -1.89. The van der Waals surface area contributed by atoms with Crippen LogP contribution < -0.4 is 10.6 Å².